The number of hydrogen-bond acceptors (Lipinski definition) is 3. The van der Waals surface area contributed by atoms with Crippen molar-refractivity contribution in [1.29, 1.82) is 0 Å². The van der Waals surface area contributed by atoms with Crippen LogP contribution in [0.5, 0.6) is 0 Å². The van der Waals surface area contributed by atoms with Gasteiger partial charge < -0.3 is 5.32 Å². The van der Waals surface area contributed by atoms with Gasteiger partial charge in [0.05, 0.1) is 12.2 Å². The molecule has 0 bridgehead atoms. The van der Waals surface area contributed by atoms with Gasteiger partial charge in [0.15, 0.2) is 0 Å². The minimum absolute atomic E-state index is 0.0000836. The summed E-state index contributed by atoms with van der Waals surface area (Å²) >= 11 is 0. The van der Waals surface area contributed by atoms with Gasteiger partial charge in [-0.15, -0.1) is 0 Å². The van der Waals surface area contributed by atoms with Crippen molar-refractivity contribution in [2.24, 2.45) is 7.05 Å². The predicted molar refractivity (Wildman–Crippen MR) is 88.7 cm³/mol. The van der Waals surface area contributed by atoms with Crippen LogP contribution < -0.4 is 5.32 Å². The van der Waals surface area contributed by atoms with Gasteiger partial charge in [0.2, 0.25) is 5.91 Å². The lowest BCUT2D eigenvalue weighted by molar-refractivity contribution is -0.120. The maximum absolute atomic E-state index is 12.4. The van der Waals surface area contributed by atoms with Gasteiger partial charge in [-0.3, -0.25) is 14.4 Å². The van der Waals surface area contributed by atoms with Crippen molar-refractivity contribution in [3.05, 3.63) is 47.3 Å². The minimum Gasteiger partial charge on any atom is -0.324 e. The Morgan fingerprint density at radius 2 is 2.14 bits per heavy atom. The summed E-state index contributed by atoms with van der Waals surface area (Å²) in [5.41, 5.74) is 4.18. The molecule has 0 aliphatic rings. The van der Waals surface area contributed by atoms with E-state index in [0.717, 1.165) is 22.4 Å². The molecule has 22 heavy (non-hydrogen) atoms. The number of carbonyl (C=O) groups is 1. The number of aromatic nitrogens is 2. The van der Waals surface area contributed by atoms with E-state index in [9.17, 15) is 4.79 Å². The number of nitrogens with zero attached hydrogens (tertiary/aromatic N) is 3. The van der Waals surface area contributed by atoms with E-state index in [4.69, 9.17) is 0 Å². The Morgan fingerprint density at radius 3 is 2.77 bits per heavy atom. The quantitative estimate of drug-likeness (QED) is 0.923. The van der Waals surface area contributed by atoms with Crippen molar-refractivity contribution in [3.63, 3.8) is 0 Å². The van der Waals surface area contributed by atoms with Crippen LogP contribution in [0, 0.1) is 13.8 Å². The molecular weight excluding hydrogens is 276 g/mol. The van der Waals surface area contributed by atoms with E-state index in [1.807, 2.05) is 70.4 Å². The summed E-state index contributed by atoms with van der Waals surface area (Å²) in [6, 6.07) is 5.85. The molecule has 118 valence electrons. The smallest absolute Gasteiger partial charge is 0.241 e. The molecule has 0 fully saturated rings. The lowest BCUT2D eigenvalue weighted by Crippen LogP contribution is -2.39. The first-order valence-corrected chi connectivity index (χ1v) is 7.42. The Balaban J connectivity index is 2.00. The van der Waals surface area contributed by atoms with Crippen molar-refractivity contribution in [3.8, 4) is 0 Å². The number of rotatable bonds is 5. The fourth-order valence-corrected chi connectivity index (χ4v) is 2.29. The van der Waals surface area contributed by atoms with Crippen molar-refractivity contribution < 1.29 is 4.79 Å². The summed E-state index contributed by atoms with van der Waals surface area (Å²) in [6.45, 7) is 6.62. The number of carbonyl (C=O) groups excluding carboxylic acids is 1. The highest BCUT2D eigenvalue weighted by atomic mass is 16.2. The Kier molecular flexibility index (Phi) is 4.98. The summed E-state index contributed by atoms with van der Waals surface area (Å²) in [5, 5.41) is 7.17. The maximum Gasteiger partial charge on any atom is 0.241 e. The molecule has 1 aromatic heterocycles. The van der Waals surface area contributed by atoms with E-state index in [2.05, 4.69) is 10.4 Å². The van der Waals surface area contributed by atoms with Gasteiger partial charge in [0, 0.05) is 31.0 Å². The van der Waals surface area contributed by atoms with Gasteiger partial charge in [-0.25, -0.2) is 0 Å². The van der Waals surface area contributed by atoms with Gasteiger partial charge in [-0.2, -0.15) is 5.10 Å². The fraction of sp³-hybridized carbons (Fsp3) is 0.412. The molecule has 5 heteroatoms. The van der Waals surface area contributed by atoms with E-state index in [1.54, 1.807) is 4.68 Å². The van der Waals surface area contributed by atoms with E-state index >= 15 is 0 Å². The Bertz CT molecular complexity index is 662. The molecule has 1 amide bonds. The molecule has 0 spiro atoms. The lowest BCUT2D eigenvalue weighted by atomic mass is 10.1. The summed E-state index contributed by atoms with van der Waals surface area (Å²) in [7, 11) is 3.83. The van der Waals surface area contributed by atoms with E-state index in [1.165, 1.54) is 0 Å². The van der Waals surface area contributed by atoms with Gasteiger partial charge in [-0.05, 0) is 45.0 Å². The SMILES string of the molecule is Cc1ccc(C)c(NC(=O)[C@H](C)N(C)Cc2cnn(C)c2)c1. The second-order valence-electron chi connectivity index (χ2n) is 5.92. The molecule has 0 aliphatic heterocycles. The highest BCUT2D eigenvalue weighted by Crippen LogP contribution is 2.17. The second kappa shape index (κ2) is 6.75. The third-order valence-electron chi connectivity index (χ3n) is 3.88. The van der Waals surface area contributed by atoms with Gasteiger partial charge >= 0.3 is 0 Å². The van der Waals surface area contributed by atoms with Crippen LogP contribution in [-0.4, -0.2) is 33.7 Å². The number of aryl methyl sites for hydroxylation is 3. The summed E-state index contributed by atoms with van der Waals surface area (Å²) in [5.74, 6) is 0.0000836. The molecule has 2 rings (SSSR count). The van der Waals surface area contributed by atoms with Crippen LogP contribution in [0.25, 0.3) is 0 Å². The molecule has 1 N–H and O–H groups in total. The molecule has 2 aromatic rings. The number of nitrogens with one attached hydrogen (secondary N) is 1. The fourth-order valence-electron chi connectivity index (χ4n) is 2.29. The maximum atomic E-state index is 12.4. The molecule has 0 saturated heterocycles. The Morgan fingerprint density at radius 1 is 1.41 bits per heavy atom. The van der Waals surface area contributed by atoms with Crippen LogP contribution in [0.4, 0.5) is 5.69 Å². The molecular formula is C17H24N4O. The predicted octanol–water partition coefficient (Wildman–Crippen LogP) is 2.50. The molecule has 1 heterocycles. The average Bonchev–Trinajstić information content (AvgIpc) is 2.87. The van der Waals surface area contributed by atoms with Gasteiger partial charge in [-0.1, -0.05) is 12.1 Å². The molecule has 0 unspecified atom stereocenters. The first-order valence-electron chi connectivity index (χ1n) is 7.42. The first-order chi connectivity index (χ1) is 10.4. The molecule has 1 atom stereocenters. The van der Waals surface area contributed by atoms with E-state index in [-0.39, 0.29) is 11.9 Å². The topological polar surface area (TPSA) is 50.2 Å². The summed E-state index contributed by atoms with van der Waals surface area (Å²) in [4.78, 5) is 14.5. The van der Waals surface area contributed by atoms with Crippen molar-refractivity contribution >= 4 is 11.6 Å². The zero-order valence-corrected chi connectivity index (χ0v) is 13.9. The molecule has 0 saturated carbocycles. The zero-order chi connectivity index (χ0) is 16.3. The van der Waals surface area contributed by atoms with Crippen LogP contribution in [-0.2, 0) is 18.4 Å². The highest BCUT2D eigenvalue weighted by molar-refractivity contribution is 5.95. The Hall–Kier alpha value is -2.14. The summed E-state index contributed by atoms with van der Waals surface area (Å²) < 4.78 is 1.77. The van der Waals surface area contributed by atoms with Gasteiger partial charge in [0.25, 0.3) is 0 Å². The monoisotopic (exact) mass is 300 g/mol. The molecule has 0 radical (unpaired) electrons. The number of benzene rings is 1. The standard InChI is InChI=1S/C17H24N4O/c1-12-6-7-13(2)16(8-12)19-17(22)14(3)20(4)10-15-9-18-21(5)11-15/h6-9,11,14H,10H2,1-5H3,(H,19,22)/t14-/m0/s1. The summed E-state index contributed by atoms with van der Waals surface area (Å²) in [6.07, 6.45) is 3.79. The average molecular weight is 300 g/mol. The molecule has 0 aliphatic carbocycles. The van der Waals surface area contributed by atoms with Crippen LogP contribution in [0.2, 0.25) is 0 Å². The highest BCUT2D eigenvalue weighted by Gasteiger charge is 2.19. The van der Waals surface area contributed by atoms with Gasteiger partial charge in [0.1, 0.15) is 0 Å². The third-order valence-corrected chi connectivity index (χ3v) is 3.88. The molecule has 5 nitrogen and oxygen atoms in total. The van der Waals surface area contributed by atoms with Crippen LogP contribution in [0.3, 0.4) is 0 Å². The number of amides is 1. The van der Waals surface area contributed by atoms with Crippen molar-refractivity contribution in [1.82, 2.24) is 14.7 Å². The van der Waals surface area contributed by atoms with Crippen molar-refractivity contribution in [2.45, 2.75) is 33.4 Å². The number of likely N-dealkylation sites (N-methyl/N-ethyl adjacent to an activating group) is 1. The van der Waals surface area contributed by atoms with E-state index < -0.39 is 0 Å². The van der Waals surface area contributed by atoms with Crippen LogP contribution >= 0.6 is 0 Å². The normalized spacial score (nSPS) is 12.5. The second-order valence-corrected chi connectivity index (χ2v) is 5.92. The Labute approximate surface area is 131 Å². The number of hydrogen-bond donors (Lipinski definition) is 1. The van der Waals surface area contributed by atoms with Crippen molar-refractivity contribution in [2.75, 3.05) is 12.4 Å². The molecule has 1 aromatic carbocycles. The van der Waals surface area contributed by atoms with Crippen LogP contribution in [0.1, 0.15) is 23.6 Å². The lowest BCUT2D eigenvalue weighted by Gasteiger charge is -2.23. The van der Waals surface area contributed by atoms with Crippen LogP contribution in [0.15, 0.2) is 30.6 Å². The number of anilines is 1. The first kappa shape index (κ1) is 16.2. The minimum atomic E-state index is -0.222. The zero-order valence-electron chi connectivity index (χ0n) is 13.9. The van der Waals surface area contributed by atoms with E-state index in [0.29, 0.717) is 6.54 Å². The third kappa shape index (κ3) is 3.95. The largest absolute Gasteiger partial charge is 0.324 e.